The first-order valence-corrected chi connectivity index (χ1v) is 9.14. The first-order valence-electron chi connectivity index (χ1n) is 8.33. The van der Waals surface area contributed by atoms with Crippen molar-refractivity contribution in [3.8, 4) is 10.6 Å². The molecule has 0 saturated heterocycles. The minimum atomic E-state index is -0.496. The van der Waals surface area contributed by atoms with Crippen molar-refractivity contribution in [3.05, 3.63) is 94.0 Å². The van der Waals surface area contributed by atoms with Crippen LogP contribution in [0.15, 0.2) is 72.8 Å². The van der Waals surface area contributed by atoms with E-state index in [9.17, 15) is 14.9 Å². The molecule has 4 aromatic rings. The second-order valence-corrected chi connectivity index (χ2v) is 7.12. The highest BCUT2D eigenvalue weighted by atomic mass is 32.1. The molecule has 0 aliphatic heterocycles. The zero-order valence-corrected chi connectivity index (χ0v) is 15.0. The molecule has 5 nitrogen and oxygen atoms in total. The number of nitro groups is 1. The quantitative estimate of drug-likeness (QED) is 0.270. The van der Waals surface area contributed by atoms with Gasteiger partial charge in [-0.1, -0.05) is 48.5 Å². The summed E-state index contributed by atoms with van der Waals surface area (Å²) in [5.41, 5.74) is 3.10. The van der Waals surface area contributed by atoms with Crippen molar-refractivity contribution in [2.24, 2.45) is 0 Å². The van der Waals surface area contributed by atoms with Gasteiger partial charge in [-0.2, -0.15) is 0 Å². The highest BCUT2D eigenvalue weighted by Crippen LogP contribution is 2.30. The van der Waals surface area contributed by atoms with Crippen LogP contribution in [0.25, 0.3) is 20.8 Å². The van der Waals surface area contributed by atoms with Crippen LogP contribution in [0.4, 0.5) is 5.69 Å². The molecule has 0 aliphatic carbocycles. The lowest BCUT2D eigenvalue weighted by Crippen LogP contribution is -2.04. The molecule has 6 heteroatoms. The molecular weight excluding hydrogens is 360 g/mol. The smallest absolute Gasteiger partial charge is 0.270 e. The molecular formula is C21H14N2O3S. The molecule has 1 heterocycles. The highest BCUT2D eigenvalue weighted by molar-refractivity contribution is 7.21. The number of Topliss-reactive ketones (excluding diaryl/α,β-unsaturated/α-hetero) is 1. The van der Waals surface area contributed by atoms with E-state index in [2.05, 4.69) is 4.98 Å². The number of non-ortho nitro benzene ring substituents is 1. The number of nitro benzene ring substituents is 1. The number of hydrogen-bond acceptors (Lipinski definition) is 5. The van der Waals surface area contributed by atoms with Gasteiger partial charge in [0, 0.05) is 29.7 Å². The van der Waals surface area contributed by atoms with Gasteiger partial charge < -0.3 is 0 Å². The zero-order chi connectivity index (χ0) is 18.8. The summed E-state index contributed by atoms with van der Waals surface area (Å²) in [5, 5.41) is 11.8. The van der Waals surface area contributed by atoms with Gasteiger partial charge >= 0.3 is 0 Å². The van der Waals surface area contributed by atoms with Crippen LogP contribution in [0.2, 0.25) is 0 Å². The Morgan fingerprint density at radius 2 is 1.78 bits per heavy atom. The third-order valence-electron chi connectivity index (χ3n) is 4.24. The number of para-hydroxylation sites is 1. The number of thiazole rings is 1. The van der Waals surface area contributed by atoms with Gasteiger partial charge in [-0.25, -0.2) is 4.98 Å². The standard InChI is InChI=1S/C21H14N2O3S/c24-19(16-4-3-5-17(13-16)23(25)26)12-14-8-10-15(11-9-14)21-22-18-6-1-2-7-20(18)27-21/h1-11,13H,12H2. The summed E-state index contributed by atoms with van der Waals surface area (Å²) in [6, 6.07) is 21.5. The summed E-state index contributed by atoms with van der Waals surface area (Å²) < 4.78 is 1.14. The van der Waals surface area contributed by atoms with Crippen molar-refractivity contribution in [1.82, 2.24) is 4.98 Å². The average Bonchev–Trinajstić information content (AvgIpc) is 3.13. The second-order valence-electron chi connectivity index (χ2n) is 6.09. The molecule has 0 N–H and O–H groups in total. The largest absolute Gasteiger partial charge is 0.294 e. The minimum Gasteiger partial charge on any atom is -0.294 e. The summed E-state index contributed by atoms with van der Waals surface area (Å²) in [7, 11) is 0. The van der Waals surface area contributed by atoms with E-state index >= 15 is 0 Å². The maximum atomic E-state index is 12.4. The number of fused-ring (bicyclic) bond motifs is 1. The molecule has 0 bridgehead atoms. The van der Waals surface area contributed by atoms with E-state index in [4.69, 9.17) is 0 Å². The number of benzene rings is 3. The molecule has 0 amide bonds. The maximum absolute atomic E-state index is 12.4. The second kappa shape index (κ2) is 7.09. The number of nitrogens with zero attached hydrogens (tertiary/aromatic N) is 2. The number of carbonyl (C=O) groups is 1. The Bertz CT molecular complexity index is 1120. The normalized spacial score (nSPS) is 10.8. The predicted octanol–water partition coefficient (Wildman–Crippen LogP) is 5.30. The first kappa shape index (κ1) is 17.1. The highest BCUT2D eigenvalue weighted by Gasteiger charge is 2.12. The van der Waals surface area contributed by atoms with Gasteiger partial charge in [-0.05, 0) is 17.7 Å². The van der Waals surface area contributed by atoms with E-state index in [1.165, 1.54) is 18.2 Å². The number of aromatic nitrogens is 1. The lowest BCUT2D eigenvalue weighted by Gasteiger charge is -2.03. The van der Waals surface area contributed by atoms with Gasteiger partial charge in [0.05, 0.1) is 15.1 Å². The fourth-order valence-corrected chi connectivity index (χ4v) is 3.81. The van der Waals surface area contributed by atoms with Crippen LogP contribution >= 0.6 is 11.3 Å². The summed E-state index contributed by atoms with van der Waals surface area (Å²) in [6.45, 7) is 0. The molecule has 0 spiro atoms. The van der Waals surface area contributed by atoms with Gasteiger partial charge in [0.2, 0.25) is 0 Å². The van der Waals surface area contributed by atoms with E-state index < -0.39 is 4.92 Å². The third-order valence-corrected chi connectivity index (χ3v) is 5.32. The van der Waals surface area contributed by atoms with Crippen molar-refractivity contribution < 1.29 is 9.72 Å². The van der Waals surface area contributed by atoms with E-state index in [1.54, 1.807) is 17.4 Å². The molecule has 0 atom stereocenters. The fraction of sp³-hybridized carbons (Fsp3) is 0.0476. The van der Waals surface area contributed by atoms with Crippen molar-refractivity contribution >= 4 is 33.0 Å². The Labute approximate surface area is 159 Å². The molecule has 27 heavy (non-hydrogen) atoms. The Hall–Kier alpha value is -3.38. The monoisotopic (exact) mass is 374 g/mol. The molecule has 3 aromatic carbocycles. The SMILES string of the molecule is O=C(Cc1ccc(-c2nc3ccccc3s2)cc1)c1cccc([N+](=O)[O-])c1. The first-order chi connectivity index (χ1) is 13.1. The van der Waals surface area contributed by atoms with Crippen molar-refractivity contribution in [2.75, 3.05) is 0 Å². The predicted molar refractivity (Wildman–Crippen MR) is 106 cm³/mol. The van der Waals surface area contributed by atoms with Gasteiger partial charge in [-0.15, -0.1) is 11.3 Å². The lowest BCUT2D eigenvalue weighted by atomic mass is 10.0. The van der Waals surface area contributed by atoms with Crippen LogP contribution in [0, 0.1) is 10.1 Å². The van der Waals surface area contributed by atoms with Crippen molar-refractivity contribution in [3.63, 3.8) is 0 Å². The van der Waals surface area contributed by atoms with E-state index in [-0.39, 0.29) is 17.9 Å². The van der Waals surface area contributed by atoms with Gasteiger partial charge in [0.15, 0.2) is 5.78 Å². The Morgan fingerprint density at radius 1 is 1.00 bits per heavy atom. The molecule has 0 aliphatic rings. The topological polar surface area (TPSA) is 73.1 Å². The van der Waals surface area contributed by atoms with Crippen LogP contribution in [0.5, 0.6) is 0 Å². The van der Waals surface area contributed by atoms with Crippen LogP contribution in [0.3, 0.4) is 0 Å². The molecule has 0 fully saturated rings. The number of ketones is 1. The van der Waals surface area contributed by atoms with Crippen LogP contribution in [0.1, 0.15) is 15.9 Å². The van der Waals surface area contributed by atoms with E-state index in [1.807, 2.05) is 48.5 Å². The van der Waals surface area contributed by atoms with E-state index in [0.717, 1.165) is 26.4 Å². The summed E-state index contributed by atoms with van der Waals surface area (Å²) in [5.74, 6) is -0.147. The Kier molecular flexibility index (Phi) is 4.48. The minimum absolute atomic E-state index is 0.0768. The van der Waals surface area contributed by atoms with E-state index in [0.29, 0.717) is 5.56 Å². The molecule has 1 aromatic heterocycles. The number of rotatable bonds is 5. The summed E-state index contributed by atoms with van der Waals surface area (Å²) >= 11 is 1.63. The van der Waals surface area contributed by atoms with Gasteiger partial charge in [0.25, 0.3) is 5.69 Å². The van der Waals surface area contributed by atoms with Crippen molar-refractivity contribution in [2.45, 2.75) is 6.42 Å². The Morgan fingerprint density at radius 3 is 2.52 bits per heavy atom. The van der Waals surface area contributed by atoms with Gasteiger partial charge in [-0.3, -0.25) is 14.9 Å². The van der Waals surface area contributed by atoms with Crippen molar-refractivity contribution in [1.29, 1.82) is 0 Å². The third kappa shape index (κ3) is 3.61. The molecule has 0 saturated carbocycles. The fourth-order valence-electron chi connectivity index (χ4n) is 2.84. The average molecular weight is 374 g/mol. The number of carbonyl (C=O) groups excluding carboxylic acids is 1. The van der Waals surface area contributed by atoms with Crippen LogP contribution in [-0.4, -0.2) is 15.7 Å². The van der Waals surface area contributed by atoms with Crippen LogP contribution in [-0.2, 0) is 6.42 Å². The number of hydrogen-bond donors (Lipinski definition) is 0. The summed E-state index contributed by atoms with van der Waals surface area (Å²) in [6.07, 6.45) is 0.196. The summed E-state index contributed by atoms with van der Waals surface area (Å²) in [4.78, 5) is 27.4. The molecule has 132 valence electrons. The maximum Gasteiger partial charge on any atom is 0.270 e. The van der Waals surface area contributed by atoms with Crippen LogP contribution < -0.4 is 0 Å². The molecule has 0 unspecified atom stereocenters. The molecule has 4 rings (SSSR count). The molecule has 0 radical (unpaired) electrons. The van der Waals surface area contributed by atoms with Gasteiger partial charge in [0.1, 0.15) is 5.01 Å². The lowest BCUT2D eigenvalue weighted by molar-refractivity contribution is -0.384. The zero-order valence-electron chi connectivity index (χ0n) is 14.2. The Balaban J connectivity index is 1.53.